The number of hydrogen-bond acceptors (Lipinski definition) is 10. The van der Waals surface area contributed by atoms with Gasteiger partial charge >= 0.3 is 11.8 Å². The van der Waals surface area contributed by atoms with Crippen LogP contribution in [-0.2, 0) is 16.1 Å². The molecule has 2 aromatic rings. The van der Waals surface area contributed by atoms with Crippen LogP contribution in [0.1, 0.15) is 15.9 Å². The molecule has 1 unspecified atom stereocenters. The predicted molar refractivity (Wildman–Crippen MR) is 114 cm³/mol. The van der Waals surface area contributed by atoms with Crippen LogP contribution in [0.25, 0.3) is 0 Å². The van der Waals surface area contributed by atoms with E-state index in [2.05, 4.69) is 36.0 Å². The SMILES string of the molecule is COc1cc2c(cn1)CN(C1NN=C(C(=O)Nc3cnccc3N3CCNCC3)O1)C2=O. The minimum absolute atomic E-state index is 0.162. The molecule has 3 N–H and O–H groups in total. The Hall–Kier alpha value is -3.93. The Balaban J connectivity index is 1.25. The minimum Gasteiger partial charge on any atom is -0.481 e. The van der Waals surface area contributed by atoms with Crippen molar-refractivity contribution >= 4 is 29.1 Å². The van der Waals surface area contributed by atoms with Gasteiger partial charge in [0.15, 0.2) is 0 Å². The molecular formula is C20H22N8O4. The number of anilines is 2. The monoisotopic (exact) mass is 438 g/mol. The maximum atomic E-state index is 12.8. The molecular weight excluding hydrogens is 416 g/mol. The van der Waals surface area contributed by atoms with E-state index in [1.165, 1.54) is 12.0 Å². The highest BCUT2D eigenvalue weighted by molar-refractivity contribution is 6.40. The Morgan fingerprint density at radius 1 is 1.31 bits per heavy atom. The fourth-order valence-corrected chi connectivity index (χ4v) is 3.85. The molecule has 5 rings (SSSR count). The molecule has 32 heavy (non-hydrogen) atoms. The lowest BCUT2D eigenvalue weighted by atomic mass is 10.2. The van der Waals surface area contributed by atoms with Gasteiger partial charge in [0.1, 0.15) is 0 Å². The van der Waals surface area contributed by atoms with Crippen LogP contribution in [0.4, 0.5) is 11.4 Å². The lowest BCUT2D eigenvalue weighted by molar-refractivity contribution is -0.112. The van der Waals surface area contributed by atoms with Gasteiger partial charge in [0, 0.05) is 50.2 Å². The van der Waals surface area contributed by atoms with Gasteiger partial charge in [-0.1, -0.05) is 0 Å². The lowest BCUT2D eigenvalue weighted by Crippen LogP contribution is -2.44. The summed E-state index contributed by atoms with van der Waals surface area (Å²) in [5.41, 5.74) is 5.39. The summed E-state index contributed by atoms with van der Waals surface area (Å²) in [7, 11) is 1.49. The highest BCUT2D eigenvalue weighted by atomic mass is 16.6. The van der Waals surface area contributed by atoms with Crippen molar-refractivity contribution in [1.29, 1.82) is 0 Å². The second-order valence-electron chi connectivity index (χ2n) is 7.42. The number of pyridine rings is 2. The molecule has 3 aliphatic rings. The molecule has 12 heteroatoms. The van der Waals surface area contributed by atoms with E-state index in [9.17, 15) is 9.59 Å². The highest BCUT2D eigenvalue weighted by Gasteiger charge is 2.38. The van der Waals surface area contributed by atoms with Gasteiger partial charge in [-0.3, -0.25) is 19.5 Å². The lowest BCUT2D eigenvalue weighted by Gasteiger charge is -2.30. The van der Waals surface area contributed by atoms with Crippen LogP contribution in [-0.4, -0.2) is 72.2 Å². The molecule has 5 heterocycles. The van der Waals surface area contributed by atoms with Gasteiger partial charge < -0.3 is 25.0 Å². The summed E-state index contributed by atoms with van der Waals surface area (Å²) in [6, 6.07) is 3.45. The highest BCUT2D eigenvalue weighted by Crippen LogP contribution is 2.28. The zero-order valence-electron chi connectivity index (χ0n) is 17.4. The van der Waals surface area contributed by atoms with Gasteiger partial charge in [0.05, 0.1) is 36.8 Å². The van der Waals surface area contributed by atoms with Gasteiger partial charge in [0.25, 0.3) is 12.3 Å². The third-order valence-corrected chi connectivity index (χ3v) is 5.48. The van der Waals surface area contributed by atoms with E-state index in [1.807, 2.05) is 6.07 Å². The number of ether oxygens (including phenoxy) is 2. The van der Waals surface area contributed by atoms with Gasteiger partial charge in [-0.05, 0) is 6.07 Å². The van der Waals surface area contributed by atoms with Gasteiger partial charge in [-0.2, -0.15) is 0 Å². The zero-order chi connectivity index (χ0) is 22.1. The third-order valence-electron chi connectivity index (χ3n) is 5.48. The first-order valence-electron chi connectivity index (χ1n) is 10.2. The molecule has 1 fully saturated rings. The number of nitrogens with zero attached hydrogens (tertiary/aromatic N) is 5. The van der Waals surface area contributed by atoms with Crippen molar-refractivity contribution in [3.05, 3.63) is 41.9 Å². The molecule has 0 radical (unpaired) electrons. The Bertz CT molecular complexity index is 1090. The van der Waals surface area contributed by atoms with Crippen molar-refractivity contribution in [3.8, 4) is 5.88 Å². The van der Waals surface area contributed by atoms with Gasteiger partial charge in [-0.25, -0.2) is 10.4 Å². The molecule has 2 amide bonds. The molecule has 1 atom stereocenters. The molecule has 12 nitrogen and oxygen atoms in total. The summed E-state index contributed by atoms with van der Waals surface area (Å²) in [5, 5.41) is 10.1. The van der Waals surface area contributed by atoms with Crippen LogP contribution >= 0.6 is 0 Å². The third kappa shape index (κ3) is 3.64. The van der Waals surface area contributed by atoms with E-state index in [4.69, 9.17) is 9.47 Å². The fraction of sp³-hybridized carbons (Fsp3) is 0.350. The smallest absolute Gasteiger partial charge is 0.312 e. The van der Waals surface area contributed by atoms with Crippen molar-refractivity contribution in [2.45, 2.75) is 12.9 Å². The fourth-order valence-electron chi connectivity index (χ4n) is 3.85. The summed E-state index contributed by atoms with van der Waals surface area (Å²) in [6.07, 6.45) is 3.98. The van der Waals surface area contributed by atoms with E-state index >= 15 is 0 Å². The Kier molecular flexibility index (Phi) is 5.19. The van der Waals surface area contributed by atoms with E-state index in [1.54, 1.807) is 24.7 Å². The topological polar surface area (TPSA) is 133 Å². The Morgan fingerprint density at radius 3 is 2.97 bits per heavy atom. The zero-order valence-corrected chi connectivity index (χ0v) is 17.4. The number of nitrogens with one attached hydrogen (secondary N) is 3. The van der Waals surface area contributed by atoms with Crippen LogP contribution in [0.5, 0.6) is 5.88 Å². The molecule has 166 valence electrons. The van der Waals surface area contributed by atoms with Crippen LogP contribution in [0.3, 0.4) is 0 Å². The number of carbonyl (C=O) groups is 2. The van der Waals surface area contributed by atoms with Crippen LogP contribution in [0, 0.1) is 0 Å². The number of carbonyl (C=O) groups excluding carboxylic acids is 2. The average molecular weight is 438 g/mol. The standard InChI is InChI=1S/C20H22N8O4/c1-31-16-8-13-12(9-23-16)11-28(19(13)30)20-26-25-18(32-20)17(29)24-14-10-22-3-2-15(14)27-6-4-21-5-7-27/h2-3,8-10,20-21,26H,4-7,11H2,1H3,(H,24,29). The summed E-state index contributed by atoms with van der Waals surface area (Å²) in [4.78, 5) is 37.5. The molecule has 2 aromatic heterocycles. The number of rotatable bonds is 5. The molecule has 0 spiro atoms. The van der Waals surface area contributed by atoms with Crippen molar-refractivity contribution < 1.29 is 19.1 Å². The van der Waals surface area contributed by atoms with Crippen molar-refractivity contribution in [1.82, 2.24) is 25.6 Å². The second kappa shape index (κ2) is 8.30. The summed E-state index contributed by atoms with van der Waals surface area (Å²) < 4.78 is 10.7. The summed E-state index contributed by atoms with van der Waals surface area (Å²) in [6.45, 7) is 3.66. The number of methoxy groups -OCH3 is 1. The molecule has 0 bridgehead atoms. The number of fused-ring (bicyclic) bond motifs is 1. The second-order valence-corrected chi connectivity index (χ2v) is 7.42. The average Bonchev–Trinajstić information content (AvgIpc) is 3.45. The summed E-state index contributed by atoms with van der Waals surface area (Å²) in [5.74, 6) is -0.600. The number of aromatic nitrogens is 2. The van der Waals surface area contributed by atoms with Crippen molar-refractivity contribution in [2.75, 3.05) is 43.5 Å². The quantitative estimate of drug-likeness (QED) is 0.576. The number of hydrogen-bond donors (Lipinski definition) is 3. The number of hydrazone groups is 1. The largest absolute Gasteiger partial charge is 0.481 e. The molecule has 0 aromatic carbocycles. The molecule has 3 aliphatic heterocycles. The van der Waals surface area contributed by atoms with Crippen LogP contribution in [0.15, 0.2) is 35.8 Å². The van der Waals surface area contributed by atoms with E-state index < -0.39 is 12.3 Å². The molecule has 0 saturated carbocycles. The minimum atomic E-state index is -0.900. The Morgan fingerprint density at radius 2 is 2.16 bits per heavy atom. The van der Waals surface area contributed by atoms with Crippen molar-refractivity contribution in [2.24, 2.45) is 5.10 Å². The van der Waals surface area contributed by atoms with Crippen LogP contribution in [0.2, 0.25) is 0 Å². The number of piperazine rings is 1. The van der Waals surface area contributed by atoms with Gasteiger partial charge in [-0.15, -0.1) is 5.10 Å². The first-order chi connectivity index (χ1) is 15.6. The molecule has 0 aliphatic carbocycles. The maximum absolute atomic E-state index is 12.8. The first kappa shape index (κ1) is 20.0. The van der Waals surface area contributed by atoms with E-state index in [-0.39, 0.29) is 18.3 Å². The molecule has 1 saturated heterocycles. The van der Waals surface area contributed by atoms with Gasteiger partial charge in [0.2, 0.25) is 5.88 Å². The maximum Gasteiger partial charge on any atom is 0.312 e. The first-order valence-corrected chi connectivity index (χ1v) is 10.2. The number of amides is 2. The van der Waals surface area contributed by atoms with E-state index in [0.717, 1.165) is 37.4 Å². The van der Waals surface area contributed by atoms with Crippen LogP contribution < -0.4 is 25.7 Å². The summed E-state index contributed by atoms with van der Waals surface area (Å²) >= 11 is 0. The Labute approximate surface area is 183 Å². The van der Waals surface area contributed by atoms with E-state index in [0.29, 0.717) is 17.1 Å². The predicted octanol–water partition coefficient (Wildman–Crippen LogP) is -0.294. The normalized spacial score (nSPS) is 19.7. The van der Waals surface area contributed by atoms with Crippen molar-refractivity contribution in [3.63, 3.8) is 0 Å².